The van der Waals surface area contributed by atoms with Crippen LogP contribution in [0.4, 0.5) is 0 Å². The van der Waals surface area contributed by atoms with Gasteiger partial charge in [-0.15, -0.1) is 0 Å². The Morgan fingerprint density at radius 3 is 2.57 bits per heavy atom. The van der Waals surface area contributed by atoms with E-state index >= 15 is 0 Å². The summed E-state index contributed by atoms with van der Waals surface area (Å²) in [5.41, 5.74) is 0.518. The fourth-order valence-corrected chi connectivity index (χ4v) is 0.762. The Hall–Kier alpha value is -1.97. The fourth-order valence-electron chi connectivity index (χ4n) is 0.762. The molecule has 0 bridgehead atoms. The molecule has 0 aliphatic heterocycles. The van der Waals surface area contributed by atoms with Gasteiger partial charge in [0.25, 0.3) is 0 Å². The molecule has 4 nitrogen and oxygen atoms in total. The van der Waals surface area contributed by atoms with Crippen molar-refractivity contribution in [1.82, 2.24) is 0 Å². The van der Waals surface area contributed by atoms with Gasteiger partial charge in [-0.25, -0.2) is 4.79 Å². The van der Waals surface area contributed by atoms with Crippen molar-refractivity contribution in [1.29, 1.82) is 0 Å². The van der Waals surface area contributed by atoms with Gasteiger partial charge >= 0.3 is 5.97 Å². The van der Waals surface area contributed by atoms with Crippen LogP contribution in [0.5, 0.6) is 0 Å². The predicted molar refractivity (Wildman–Crippen MR) is 51.0 cm³/mol. The molecule has 0 saturated heterocycles. The highest BCUT2D eigenvalue weighted by molar-refractivity contribution is 6.26. The summed E-state index contributed by atoms with van der Waals surface area (Å²) >= 11 is 0. The highest BCUT2D eigenvalue weighted by Gasteiger charge is 2.05. The van der Waals surface area contributed by atoms with Gasteiger partial charge in [-0.2, -0.15) is 0 Å². The molecule has 4 heteroatoms. The van der Waals surface area contributed by atoms with Gasteiger partial charge in [0.1, 0.15) is 5.71 Å². The first kappa shape index (κ1) is 10.1. The lowest BCUT2D eigenvalue weighted by Gasteiger charge is -1.96. The van der Waals surface area contributed by atoms with Crippen LogP contribution >= 0.6 is 0 Å². The first-order valence-corrected chi connectivity index (χ1v) is 4.00. The van der Waals surface area contributed by atoms with Crippen LogP contribution < -0.4 is 0 Å². The third kappa shape index (κ3) is 2.82. The van der Waals surface area contributed by atoms with E-state index in [1.165, 1.54) is 6.92 Å². The summed E-state index contributed by atoms with van der Waals surface area (Å²) in [5.74, 6) is -0.577. The number of hydrogen-bond donors (Lipinski definition) is 0. The number of carbonyl (C=O) groups is 2. The van der Waals surface area contributed by atoms with Crippen molar-refractivity contribution >= 4 is 18.0 Å². The molecule has 1 rings (SSSR count). The molecule has 0 aliphatic rings. The molecule has 0 radical (unpaired) electrons. The van der Waals surface area contributed by atoms with Crippen LogP contribution in [0.2, 0.25) is 0 Å². The molecule has 0 spiro atoms. The average Bonchev–Trinajstić information content (AvgIpc) is 2.26. The van der Waals surface area contributed by atoms with Gasteiger partial charge in [-0.3, -0.25) is 4.79 Å². The molecule has 0 unspecified atom stereocenters. The molecule has 1 aromatic carbocycles. The number of carbonyl (C=O) groups excluding carboxylic acids is 2. The summed E-state index contributed by atoms with van der Waals surface area (Å²) in [7, 11) is 0. The van der Waals surface area contributed by atoms with Gasteiger partial charge in [0.05, 0.1) is 5.56 Å². The SMILES string of the molecule is CC(C=O)=NOC(=O)c1ccccc1. The van der Waals surface area contributed by atoms with Crippen molar-refractivity contribution in [3.8, 4) is 0 Å². The maximum atomic E-state index is 11.2. The minimum absolute atomic E-state index is 0.120. The second-order valence-electron chi connectivity index (χ2n) is 2.60. The first-order valence-electron chi connectivity index (χ1n) is 4.00. The Kier molecular flexibility index (Phi) is 3.55. The van der Waals surface area contributed by atoms with Crippen molar-refractivity contribution in [3.05, 3.63) is 35.9 Å². The van der Waals surface area contributed by atoms with E-state index in [1.54, 1.807) is 30.3 Å². The largest absolute Gasteiger partial charge is 0.365 e. The topological polar surface area (TPSA) is 55.7 Å². The average molecular weight is 191 g/mol. The number of benzene rings is 1. The standard InChI is InChI=1S/C10H9NO3/c1-8(7-12)11-14-10(13)9-5-3-2-4-6-9/h2-7H,1H3. The van der Waals surface area contributed by atoms with Crippen LogP contribution in [0.25, 0.3) is 0 Å². The molecule has 0 N–H and O–H groups in total. The fraction of sp³-hybridized carbons (Fsp3) is 0.100. The zero-order chi connectivity index (χ0) is 10.4. The van der Waals surface area contributed by atoms with Gasteiger partial charge in [0, 0.05) is 0 Å². The van der Waals surface area contributed by atoms with Crippen LogP contribution in [0, 0.1) is 0 Å². The van der Waals surface area contributed by atoms with Crippen molar-refractivity contribution in [3.63, 3.8) is 0 Å². The molecular weight excluding hydrogens is 182 g/mol. The second-order valence-corrected chi connectivity index (χ2v) is 2.60. The zero-order valence-corrected chi connectivity index (χ0v) is 7.64. The van der Waals surface area contributed by atoms with E-state index in [2.05, 4.69) is 9.99 Å². The Morgan fingerprint density at radius 2 is 2.00 bits per heavy atom. The normalized spacial score (nSPS) is 10.8. The number of aldehydes is 1. The van der Waals surface area contributed by atoms with E-state index in [0.29, 0.717) is 11.8 Å². The Morgan fingerprint density at radius 1 is 1.36 bits per heavy atom. The van der Waals surface area contributed by atoms with E-state index in [9.17, 15) is 9.59 Å². The Bertz CT molecular complexity index is 357. The Balaban J connectivity index is 2.65. The van der Waals surface area contributed by atoms with Crippen LogP contribution in [0.15, 0.2) is 35.5 Å². The van der Waals surface area contributed by atoms with Crippen LogP contribution in [0.3, 0.4) is 0 Å². The number of nitrogens with zero attached hydrogens (tertiary/aromatic N) is 1. The summed E-state index contributed by atoms with van der Waals surface area (Å²) in [6.45, 7) is 1.45. The maximum Gasteiger partial charge on any atom is 0.365 e. The lowest BCUT2D eigenvalue weighted by Crippen LogP contribution is -2.03. The molecule has 0 saturated carbocycles. The summed E-state index contributed by atoms with van der Waals surface area (Å²) in [4.78, 5) is 25.9. The van der Waals surface area contributed by atoms with E-state index < -0.39 is 5.97 Å². The van der Waals surface area contributed by atoms with Gasteiger partial charge in [-0.1, -0.05) is 23.4 Å². The van der Waals surface area contributed by atoms with Gasteiger partial charge in [-0.05, 0) is 19.1 Å². The minimum Gasteiger partial charge on any atom is -0.312 e. The van der Waals surface area contributed by atoms with Gasteiger partial charge in [0.2, 0.25) is 0 Å². The molecule has 1 aromatic rings. The monoisotopic (exact) mass is 191 g/mol. The maximum absolute atomic E-state index is 11.2. The van der Waals surface area contributed by atoms with E-state index in [0.717, 1.165) is 0 Å². The molecule has 0 aromatic heterocycles. The molecule has 0 amide bonds. The van der Waals surface area contributed by atoms with Crippen LogP contribution in [-0.4, -0.2) is 18.0 Å². The van der Waals surface area contributed by atoms with E-state index in [4.69, 9.17) is 0 Å². The van der Waals surface area contributed by atoms with Crippen LogP contribution in [-0.2, 0) is 9.63 Å². The van der Waals surface area contributed by atoms with E-state index in [-0.39, 0.29) is 5.71 Å². The second kappa shape index (κ2) is 4.91. The van der Waals surface area contributed by atoms with Crippen molar-refractivity contribution in [2.45, 2.75) is 6.92 Å². The smallest absolute Gasteiger partial charge is 0.312 e. The lowest BCUT2D eigenvalue weighted by molar-refractivity contribution is -0.102. The molecule has 0 aliphatic carbocycles. The lowest BCUT2D eigenvalue weighted by atomic mass is 10.2. The molecular formula is C10H9NO3. The van der Waals surface area contributed by atoms with Gasteiger partial charge in [0.15, 0.2) is 6.29 Å². The number of oxime groups is 1. The van der Waals surface area contributed by atoms with Crippen molar-refractivity contribution in [2.24, 2.45) is 5.16 Å². The molecule has 0 fully saturated rings. The Labute approximate surface area is 81.2 Å². The van der Waals surface area contributed by atoms with E-state index in [1.807, 2.05) is 0 Å². The molecule has 0 atom stereocenters. The zero-order valence-electron chi connectivity index (χ0n) is 7.64. The summed E-state index contributed by atoms with van der Waals surface area (Å²) in [6, 6.07) is 8.43. The molecule has 0 heterocycles. The minimum atomic E-state index is -0.577. The number of rotatable bonds is 3. The highest BCUT2D eigenvalue weighted by Crippen LogP contribution is 2.00. The summed E-state index contributed by atoms with van der Waals surface area (Å²) in [5, 5.41) is 3.32. The number of hydrogen-bond acceptors (Lipinski definition) is 4. The summed E-state index contributed by atoms with van der Waals surface area (Å²) in [6.07, 6.45) is 0.512. The summed E-state index contributed by atoms with van der Waals surface area (Å²) < 4.78 is 0. The van der Waals surface area contributed by atoms with Crippen molar-refractivity contribution in [2.75, 3.05) is 0 Å². The van der Waals surface area contributed by atoms with Crippen molar-refractivity contribution < 1.29 is 14.4 Å². The highest BCUT2D eigenvalue weighted by atomic mass is 16.7. The predicted octanol–water partition coefficient (Wildman–Crippen LogP) is 1.42. The third-order valence-electron chi connectivity index (χ3n) is 1.45. The first-order chi connectivity index (χ1) is 6.74. The quantitative estimate of drug-likeness (QED) is 0.314. The van der Waals surface area contributed by atoms with Crippen LogP contribution in [0.1, 0.15) is 17.3 Å². The van der Waals surface area contributed by atoms with Gasteiger partial charge < -0.3 is 4.84 Å². The third-order valence-corrected chi connectivity index (χ3v) is 1.45. The molecule has 14 heavy (non-hydrogen) atoms. The molecule has 72 valence electrons.